The molecule has 0 atom stereocenters. The van der Waals surface area contributed by atoms with Crippen LogP contribution in [0.5, 0.6) is 0 Å². The van der Waals surface area contributed by atoms with E-state index in [9.17, 15) is 9.18 Å². The maximum absolute atomic E-state index is 13.2. The van der Waals surface area contributed by atoms with Crippen LogP contribution >= 0.6 is 28.3 Å². The summed E-state index contributed by atoms with van der Waals surface area (Å²) in [6.07, 6.45) is 0.322. The zero-order chi connectivity index (χ0) is 11.3. The second-order valence-electron chi connectivity index (χ2n) is 3.03. The third-order valence-electron chi connectivity index (χ3n) is 1.80. The van der Waals surface area contributed by atoms with Crippen LogP contribution in [0, 0.1) is 5.82 Å². The van der Waals surface area contributed by atoms with Gasteiger partial charge < -0.3 is 10.6 Å². The lowest BCUT2D eigenvalue weighted by atomic mass is 10.3. The average Bonchev–Trinajstić information content (AvgIpc) is 2.20. The van der Waals surface area contributed by atoms with E-state index >= 15 is 0 Å². The number of anilines is 1. The molecule has 90 valence electrons. The molecular formula is C10H13BrClFN2O. The quantitative estimate of drug-likeness (QED) is 0.897. The van der Waals surface area contributed by atoms with Gasteiger partial charge in [0, 0.05) is 17.4 Å². The van der Waals surface area contributed by atoms with Crippen LogP contribution in [-0.4, -0.2) is 19.5 Å². The number of benzene rings is 1. The lowest BCUT2D eigenvalue weighted by Gasteiger charge is -2.06. The number of carbonyl (C=O) groups is 1. The number of halogens is 3. The Morgan fingerprint density at radius 3 is 2.81 bits per heavy atom. The Hall–Kier alpha value is -0.650. The monoisotopic (exact) mass is 310 g/mol. The minimum absolute atomic E-state index is 0. The summed E-state index contributed by atoms with van der Waals surface area (Å²) < 4.78 is 13.9. The molecule has 2 N–H and O–H groups in total. The van der Waals surface area contributed by atoms with Gasteiger partial charge in [0.15, 0.2) is 0 Å². The van der Waals surface area contributed by atoms with Gasteiger partial charge in [-0.05, 0) is 25.2 Å². The second-order valence-corrected chi connectivity index (χ2v) is 3.94. The van der Waals surface area contributed by atoms with Crippen molar-refractivity contribution >= 4 is 39.9 Å². The molecule has 0 saturated heterocycles. The summed E-state index contributed by atoms with van der Waals surface area (Å²) in [5.74, 6) is -0.641. The molecule has 16 heavy (non-hydrogen) atoms. The second kappa shape index (κ2) is 7.60. The highest BCUT2D eigenvalue weighted by atomic mass is 79.9. The van der Waals surface area contributed by atoms with Crippen molar-refractivity contribution in [3.05, 3.63) is 28.5 Å². The molecular weight excluding hydrogens is 298 g/mol. The van der Waals surface area contributed by atoms with Crippen LogP contribution in [0.15, 0.2) is 22.7 Å². The Bertz CT molecular complexity index is 363. The topological polar surface area (TPSA) is 41.1 Å². The van der Waals surface area contributed by atoms with Crippen molar-refractivity contribution in [2.24, 2.45) is 0 Å². The molecule has 1 aromatic rings. The van der Waals surface area contributed by atoms with Crippen molar-refractivity contribution in [2.45, 2.75) is 6.42 Å². The predicted molar refractivity (Wildman–Crippen MR) is 68.5 cm³/mol. The maximum atomic E-state index is 13.2. The number of rotatable bonds is 4. The fourth-order valence-corrected chi connectivity index (χ4v) is 1.41. The van der Waals surface area contributed by atoms with E-state index in [-0.39, 0.29) is 24.0 Å². The zero-order valence-electron chi connectivity index (χ0n) is 8.72. The van der Waals surface area contributed by atoms with E-state index in [0.29, 0.717) is 13.0 Å². The van der Waals surface area contributed by atoms with Gasteiger partial charge in [-0.15, -0.1) is 12.4 Å². The summed E-state index contributed by atoms with van der Waals surface area (Å²) >= 11 is 3.21. The summed E-state index contributed by atoms with van der Waals surface area (Å²) in [5, 5.41) is 5.35. The first-order chi connectivity index (χ1) is 7.13. The normalized spacial score (nSPS) is 9.44. The van der Waals surface area contributed by atoms with Crippen LogP contribution in [-0.2, 0) is 4.79 Å². The van der Waals surface area contributed by atoms with E-state index in [2.05, 4.69) is 26.6 Å². The summed E-state index contributed by atoms with van der Waals surface area (Å²) in [4.78, 5) is 11.3. The van der Waals surface area contributed by atoms with Crippen LogP contribution in [0.2, 0.25) is 0 Å². The van der Waals surface area contributed by atoms with Crippen molar-refractivity contribution in [1.82, 2.24) is 5.32 Å². The van der Waals surface area contributed by atoms with Gasteiger partial charge in [0.2, 0.25) is 5.91 Å². The van der Waals surface area contributed by atoms with E-state index in [1.807, 2.05) is 0 Å². The molecule has 0 fully saturated rings. The first kappa shape index (κ1) is 15.3. The standard InChI is InChI=1S/C10H12BrFN2O.ClH/c1-13-5-4-10(15)14-9-6-7(11)2-3-8(9)12;/h2-3,6,13H,4-5H2,1H3,(H,14,15);1H. The first-order valence-corrected chi connectivity index (χ1v) is 5.32. The molecule has 0 bridgehead atoms. The molecule has 0 radical (unpaired) electrons. The van der Waals surface area contributed by atoms with E-state index in [4.69, 9.17) is 0 Å². The van der Waals surface area contributed by atoms with Gasteiger partial charge in [-0.25, -0.2) is 4.39 Å². The number of amides is 1. The Kier molecular flexibility index (Phi) is 7.29. The smallest absolute Gasteiger partial charge is 0.225 e. The van der Waals surface area contributed by atoms with Crippen LogP contribution in [0.3, 0.4) is 0 Å². The van der Waals surface area contributed by atoms with Gasteiger partial charge in [0.05, 0.1) is 5.69 Å². The average molecular weight is 312 g/mol. The molecule has 0 aromatic heterocycles. The molecule has 0 spiro atoms. The highest BCUT2D eigenvalue weighted by Gasteiger charge is 2.06. The molecule has 0 saturated carbocycles. The molecule has 0 aliphatic rings. The maximum Gasteiger partial charge on any atom is 0.225 e. The van der Waals surface area contributed by atoms with Crippen LogP contribution in [0.25, 0.3) is 0 Å². The lowest BCUT2D eigenvalue weighted by molar-refractivity contribution is -0.116. The molecule has 3 nitrogen and oxygen atoms in total. The third-order valence-corrected chi connectivity index (χ3v) is 2.30. The van der Waals surface area contributed by atoms with Gasteiger partial charge in [-0.1, -0.05) is 15.9 Å². The molecule has 0 unspecified atom stereocenters. The van der Waals surface area contributed by atoms with Crippen molar-refractivity contribution in [1.29, 1.82) is 0 Å². The number of nitrogens with one attached hydrogen (secondary N) is 2. The van der Waals surface area contributed by atoms with Crippen LogP contribution in [0.1, 0.15) is 6.42 Å². The van der Waals surface area contributed by atoms with Gasteiger partial charge in [-0.2, -0.15) is 0 Å². The number of hydrogen-bond donors (Lipinski definition) is 2. The van der Waals surface area contributed by atoms with Gasteiger partial charge >= 0.3 is 0 Å². The molecule has 0 aliphatic heterocycles. The molecule has 1 amide bonds. The van der Waals surface area contributed by atoms with Crippen LogP contribution < -0.4 is 10.6 Å². The van der Waals surface area contributed by atoms with E-state index in [0.717, 1.165) is 4.47 Å². The first-order valence-electron chi connectivity index (χ1n) is 4.53. The SMILES string of the molecule is CNCCC(=O)Nc1cc(Br)ccc1F.Cl. The third kappa shape index (κ3) is 4.92. The molecule has 6 heteroatoms. The van der Waals surface area contributed by atoms with Crippen molar-refractivity contribution in [3.8, 4) is 0 Å². The van der Waals surface area contributed by atoms with E-state index < -0.39 is 5.82 Å². The Morgan fingerprint density at radius 1 is 1.50 bits per heavy atom. The summed E-state index contributed by atoms with van der Waals surface area (Å²) in [6, 6.07) is 4.42. The van der Waals surface area contributed by atoms with Crippen molar-refractivity contribution in [2.75, 3.05) is 18.9 Å². The Labute approximate surface area is 108 Å². The zero-order valence-corrected chi connectivity index (χ0v) is 11.1. The summed E-state index contributed by atoms with van der Waals surface area (Å²) in [6.45, 7) is 0.571. The van der Waals surface area contributed by atoms with E-state index in [1.165, 1.54) is 12.1 Å². The van der Waals surface area contributed by atoms with E-state index in [1.54, 1.807) is 13.1 Å². The highest BCUT2D eigenvalue weighted by molar-refractivity contribution is 9.10. The van der Waals surface area contributed by atoms with Gasteiger partial charge in [0.1, 0.15) is 5.82 Å². The summed E-state index contributed by atoms with van der Waals surface area (Å²) in [7, 11) is 1.76. The Balaban J connectivity index is 0.00000225. The minimum Gasteiger partial charge on any atom is -0.324 e. The largest absolute Gasteiger partial charge is 0.324 e. The van der Waals surface area contributed by atoms with Crippen molar-refractivity contribution < 1.29 is 9.18 Å². The Morgan fingerprint density at radius 2 is 2.19 bits per heavy atom. The predicted octanol–water partition coefficient (Wildman–Crippen LogP) is 2.56. The number of hydrogen-bond acceptors (Lipinski definition) is 2. The molecule has 1 rings (SSSR count). The number of carbonyl (C=O) groups excluding carboxylic acids is 1. The fourth-order valence-electron chi connectivity index (χ4n) is 1.04. The molecule has 1 aromatic carbocycles. The molecule has 0 aliphatic carbocycles. The fraction of sp³-hybridized carbons (Fsp3) is 0.300. The highest BCUT2D eigenvalue weighted by Crippen LogP contribution is 2.19. The minimum atomic E-state index is -0.434. The van der Waals surface area contributed by atoms with Gasteiger partial charge in [0.25, 0.3) is 0 Å². The summed E-state index contributed by atoms with van der Waals surface area (Å²) in [5.41, 5.74) is 0.200. The van der Waals surface area contributed by atoms with Crippen molar-refractivity contribution in [3.63, 3.8) is 0 Å². The van der Waals surface area contributed by atoms with Crippen LogP contribution in [0.4, 0.5) is 10.1 Å². The lowest BCUT2D eigenvalue weighted by Crippen LogP contribution is -2.19. The van der Waals surface area contributed by atoms with Gasteiger partial charge in [-0.3, -0.25) is 4.79 Å². The molecule has 0 heterocycles.